The van der Waals surface area contributed by atoms with Crippen LogP contribution >= 0.6 is 11.2 Å². The van der Waals surface area contributed by atoms with E-state index in [0.29, 0.717) is 5.92 Å². The fraction of sp³-hybridized carbons (Fsp3) is 0.467. The van der Waals surface area contributed by atoms with Gasteiger partial charge in [0.15, 0.2) is 0 Å². The van der Waals surface area contributed by atoms with Crippen molar-refractivity contribution >= 4 is 30.1 Å². The zero-order chi connectivity index (χ0) is 24.2. The predicted octanol–water partition coefficient (Wildman–Crippen LogP) is 1.60. The third-order valence-electron chi connectivity index (χ3n) is 6.74. The van der Waals surface area contributed by atoms with Gasteiger partial charge in [0.2, 0.25) is 0 Å². The van der Waals surface area contributed by atoms with Crippen LogP contribution in [-0.4, -0.2) is 13.5 Å². The van der Waals surface area contributed by atoms with Crippen LogP contribution in [0.4, 0.5) is 0 Å². The Bertz CT molecular complexity index is 1040. The topological polar surface area (TPSA) is 0 Å². The van der Waals surface area contributed by atoms with Crippen molar-refractivity contribution in [2.45, 2.75) is 77.9 Å². The molecule has 0 heterocycles. The standard InChI is InChI=1S/C25H33SSi.C5H9.2ClH.Zr/c1-18(2)25(27(7,8)26-6)17-20-11-9-10-12-22(20)23(25)19-13-15-21(16-14-19)24(3,4)5;1-3-5-4-2;;;/h9-16,18H,1-8H3;1,3H,4-5H2,2H3;2*1H;/q2*-1;;;+4/p-2. The maximum absolute atomic E-state index is 5.01. The Morgan fingerprint density at radius 2 is 1.57 bits per heavy atom. The molecule has 0 radical (unpaired) electrons. The summed E-state index contributed by atoms with van der Waals surface area (Å²) in [4.78, 5) is 0. The summed E-state index contributed by atoms with van der Waals surface area (Å²) in [5.41, 5.74) is 4.43. The molecule has 1 aliphatic rings. The number of hydrogen-bond donors (Lipinski definition) is 0. The van der Waals surface area contributed by atoms with Crippen molar-refractivity contribution in [3.8, 4) is 0 Å². The first-order valence-electron chi connectivity index (χ1n) is 11.9. The van der Waals surface area contributed by atoms with Crippen LogP contribution in [-0.2, 0) is 31.6 Å². The molecule has 3 rings (SSSR count). The Labute approximate surface area is 252 Å². The predicted molar refractivity (Wildman–Crippen MR) is 149 cm³/mol. The summed E-state index contributed by atoms with van der Waals surface area (Å²) in [7, 11) is -1.68. The third kappa shape index (κ3) is 7.97. The molecule has 35 heavy (non-hydrogen) atoms. The van der Waals surface area contributed by atoms with Gasteiger partial charge >= 0.3 is 26.2 Å². The van der Waals surface area contributed by atoms with E-state index < -0.39 is 7.22 Å². The molecule has 0 saturated carbocycles. The fourth-order valence-corrected chi connectivity index (χ4v) is 9.89. The molecule has 190 valence electrons. The van der Waals surface area contributed by atoms with Gasteiger partial charge in [-0.15, -0.1) is 17.4 Å². The molecule has 5 heteroatoms. The second-order valence-corrected chi connectivity index (χ2v) is 19.1. The minimum atomic E-state index is -1.68. The molecule has 2 aromatic rings. The van der Waals surface area contributed by atoms with Crippen LogP contribution in [0.3, 0.4) is 0 Å². The van der Waals surface area contributed by atoms with Gasteiger partial charge in [-0.2, -0.15) is 28.6 Å². The molecule has 1 unspecified atom stereocenters. The maximum atomic E-state index is 5.01. The molecule has 0 nitrogen and oxygen atoms in total. The quantitative estimate of drug-likeness (QED) is 0.348. The Kier molecular flexibility index (Phi) is 16.3. The van der Waals surface area contributed by atoms with Gasteiger partial charge in [-0.25, -0.2) is 0 Å². The fourth-order valence-electron chi connectivity index (χ4n) is 4.72. The monoisotopic (exact) mass is 622 g/mol. The number of fused-ring (bicyclic) bond motifs is 1. The van der Waals surface area contributed by atoms with Crippen LogP contribution in [0.15, 0.2) is 54.6 Å². The molecular formula is C30H42Cl2SSiZr. The number of unbranched alkanes of at least 4 members (excludes halogenated alkanes) is 1. The summed E-state index contributed by atoms with van der Waals surface area (Å²) in [6.07, 6.45) is 10.2. The molecule has 0 N–H and O–H groups in total. The molecule has 0 aliphatic heterocycles. The first kappa shape index (κ1) is 37.1. The number of rotatable bonds is 6. The van der Waals surface area contributed by atoms with Crippen molar-refractivity contribution in [1.29, 1.82) is 0 Å². The van der Waals surface area contributed by atoms with Crippen LogP contribution in [0.1, 0.15) is 65.5 Å². The molecule has 0 amide bonds. The SMILES string of the molecule is CS[Si](C)(C)C1(C(C)C)[C-]=c2ccccc2=C1c1ccc(C(C)(C)C)cc1.[CH-]=CCCC.[Cl-].[Cl-].[Zr+4]. The summed E-state index contributed by atoms with van der Waals surface area (Å²) >= 11 is 2.08. The molecule has 0 aromatic heterocycles. The summed E-state index contributed by atoms with van der Waals surface area (Å²) in [5.74, 6) is 0.510. The van der Waals surface area contributed by atoms with Gasteiger partial charge in [-0.05, 0) is 33.8 Å². The second-order valence-electron chi connectivity index (χ2n) is 10.6. The summed E-state index contributed by atoms with van der Waals surface area (Å²) in [6.45, 7) is 23.8. The van der Waals surface area contributed by atoms with Crippen molar-refractivity contribution in [1.82, 2.24) is 0 Å². The minimum Gasteiger partial charge on any atom is -1.00 e. The Morgan fingerprint density at radius 3 is 1.97 bits per heavy atom. The van der Waals surface area contributed by atoms with E-state index in [1.807, 2.05) is 0 Å². The van der Waals surface area contributed by atoms with E-state index in [9.17, 15) is 0 Å². The van der Waals surface area contributed by atoms with Crippen molar-refractivity contribution in [2.75, 3.05) is 6.26 Å². The Balaban J connectivity index is 0. The van der Waals surface area contributed by atoms with E-state index in [1.54, 1.807) is 6.08 Å². The first-order chi connectivity index (χ1) is 15.0. The van der Waals surface area contributed by atoms with Crippen LogP contribution in [0.25, 0.3) is 11.6 Å². The third-order valence-corrected chi connectivity index (χ3v) is 14.6. The second kappa shape index (κ2) is 15.4. The smallest absolute Gasteiger partial charge is 1.00 e. The van der Waals surface area contributed by atoms with Crippen LogP contribution in [0, 0.1) is 12.5 Å². The normalized spacial score (nSPS) is 16.5. The van der Waals surface area contributed by atoms with E-state index in [0.717, 1.165) is 12.8 Å². The van der Waals surface area contributed by atoms with Crippen LogP contribution in [0.5, 0.6) is 0 Å². The number of allylic oxidation sites excluding steroid dienone is 1. The first-order valence-corrected chi connectivity index (χ1v) is 16.9. The molecule has 2 aromatic carbocycles. The van der Waals surface area contributed by atoms with E-state index in [-0.39, 0.29) is 61.5 Å². The Morgan fingerprint density at radius 1 is 1.03 bits per heavy atom. The summed E-state index contributed by atoms with van der Waals surface area (Å²) < 4.78 is 0. The maximum Gasteiger partial charge on any atom is 4.00 e. The van der Waals surface area contributed by atoms with Gasteiger partial charge in [-0.1, -0.05) is 103 Å². The molecule has 0 fully saturated rings. The average molecular weight is 625 g/mol. The number of halogens is 2. The zero-order valence-electron chi connectivity index (χ0n) is 22.9. The van der Waals surface area contributed by atoms with Crippen molar-refractivity contribution in [3.05, 3.63) is 82.8 Å². The number of hydrogen-bond acceptors (Lipinski definition) is 1. The average Bonchev–Trinajstić information content (AvgIpc) is 3.11. The van der Waals surface area contributed by atoms with Crippen molar-refractivity contribution in [3.63, 3.8) is 0 Å². The van der Waals surface area contributed by atoms with E-state index in [2.05, 4.69) is 127 Å². The number of benzene rings is 2. The van der Waals surface area contributed by atoms with Gasteiger partial charge < -0.3 is 31.4 Å². The summed E-state index contributed by atoms with van der Waals surface area (Å²) in [5, 5.41) is 2.68. The Hall–Kier alpha value is -0.0500. The molecule has 0 spiro atoms. The molecule has 0 bridgehead atoms. The molecular weight excluding hydrogens is 583 g/mol. The minimum absolute atomic E-state index is 0. The molecule has 1 atom stereocenters. The van der Waals surface area contributed by atoms with Gasteiger partial charge in [-0.3, -0.25) is 6.08 Å². The van der Waals surface area contributed by atoms with E-state index >= 15 is 0 Å². The molecule has 0 saturated heterocycles. The van der Waals surface area contributed by atoms with Gasteiger partial charge in [0.05, 0.1) is 0 Å². The van der Waals surface area contributed by atoms with Gasteiger partial charge in [0, 0.05) is 0 Å². The largest absolute Gasteiger partial charge is 4.00 e. The zero-order valence-corrected chi connectivity index (χ0v) is 28.7. The van der Waals surface area contributed by atoms with Gasteiger partial charge in [0.1, 0.15) is 7.22 Å². The van der Waals surface area contributed by atoms with Crippen LogP contribution < -0.4 is 35.3 Å². The van der Waals surface area contributed by atoms with Crippen molar-refractivity contribution in [2.24, 2.45) is 5.92 Å². The summed E-state index contributed by atoms with van der Waals surface area (Å²) in [6, 6.07) is 18.2. The van der Waals surface area contributed by atoms with Gasteiger partial charge in [0.25, 0.3) is 0 Å². The molecule has 1 aliphatic carbocycles. The van der Waals surface area contributed by atoms with Crippen LogP contribution in [0.2, 0.25) is 18.1 Å². The van der Waals surface area contributed by atoms with E-state index in [1.165, 1.54) is 27.1 Å². The van der Waals surface area contributed by atoms with Crippen molar-refractivity contribution < 1.29 is 51.0 Å². The van der Waals surface area contributed by atoms with E-state index in [4.69, 9.17) is 6.58 Å².